The molecule has 1 saturated heterocycles. The second-order valence-electron chi connectivity index (χ2n) is 8.47. The van der Waals surface area contributed by atoms with Gasteiger partial charge in [-0.05, 0) is 62.2 Å². The lowest BCUT2D eigenvalue weighted by molar-refractivity contribution is -0.164. The van der Waals surface area contributed by atoms with E-state index in [-0.39, 0.29) is 5.41 Å². The van der Waals surface area contributed by atoms with Crippen LogP contribution < -0.4 is 0 Å². The van der Waals surface area contributed by atoms with Gasteiger partial charge in [0.15, 0.2) is 5.82 Å². The minimum absolute atomic E-state index is 0.203. The molecule has 0 amide bonds. The van der Waals surface area contributed by atoms with Crippen molar-refractivity contribution in [3.05, 3.63) is 11.7 Å². The van der Waals surface area contributed by atoms with Crippen LogP contribution in [0.2, 0.25) is 0 Å². The van der Waals surface area contributed by atoms with Crippen LogP contribution in [-0.4, -0.2) is 34.1 Å². The maximum absolute atomic E-state index is 10.8. The third-order valence-corrected chi connectivity index (χ3v) is 6.46. The van der Waals surface area contributed by atoms with Crippen LogP contribution in [-0.2, 0) is 11.2 Å². The Labute approximate surface area is 130 Å². The first-order chi connectivity index (χ1) is 10.6. The van der Waals surface area contributed by atoms with Crippen LogP contribution in [0.25, 0.3) is 0 Å². The van der Waals surface area contributed by atoms with Gasteiger partial charge in [0.25, 0.3) is 0 Å². The standard InChI is InChI=1S/C17H24N2O3/c20-17-6-11-3-12(7-17)5-16(4-11,10-17)8-14-18-15(19-22-14)13-1-2-21-9-13/h11-13,20H,1-10H2. The van der Waals surface area contributed by atoms with Crippen LogP contribution in [0, 0.1) is 17.3 Å². The SMILES string of the molecule is OC12CC3CC(C1)CC(Cc1nc(C4CCOC4)no1)(C3)C2. The Bertz CT molecular complexity index is 564. The van der Waals surface area contributed by atoms with E-state index in [9.17, 15) is 5.11 Å². The Balaban J connectivity index is 1.37. The predicted molar refractivity (Wildman–Crippen MR) is 78.2 cm³/mol. The summed E-state index contributed by atoms with van der Waals surface area (Å²) in [5, 5.41) is 15.0. The van der Waals surface area contributed by atoms with Gasteiger partial charge in [-0.15, -0.1) is 0 Å². The highest BCUT2D eigenvalue weighted by molar-refractivity contribution is 5.11. The fraction of sp³-hybridized carbons (Fsp3) is 0.882. The van der Waals surface area contributed by atoms with Crippen molar-refractivity contribution in [2.45, 2.75) is 62.9 Å². The molecule has 3 unspecified atom stereocenters. The van der Waals surface area contributed by atoms with E-state index in [4.69, 9.17) is 9.26 Å². The van der Waals surface area contributed by atoms with Crippen LogP contribution in [0.15, 0.2) is 4.52 Å². The molecule has 5 fully saturated rings. The summed E-state index contributed by atoms with van der Waals surface area (Å²) in [6.45, 7) is 1.52. The zero-order valence-electron chi connectivity index (χ0n) is 13.0. The highest BCUT2D eigenvalue weighted by atomic mass is 16.5. The highest BCUT2D eigenvalue weighted by Gasteiger charge is 2.57. The molecular formula is C17H24N2O3. The van der Waals surface area contributed by atoms with Crippen LogP contribution in [0.3, 0.4) is 0 Å². The van der Waals surface area contributed by atoms with E-state index in [1.165, 1.54) is 19.3 Å². The average molecular weight is 304 g/mol. The number of nitrogens with zero attached hydrogens (tertiary/aromatic N) is 2. The molecule has 120 valence electrons. The lowest BCUT2D eigenvalue weighted by atomic mass is 9.47. The van der Waals surface area contributed by atoms with Gasteiger partial charge in [-0.25, -0.2) is 0 Å². The van der Waals surface area contributed by atoms with Gasteiger partial charge in [-0.3, -0.25) is 0 Å². The van der Waals surface area contributed by atoms with Crippen LogP contribution in [0.1, 0.15) is 62.6 Å². The summed E-state index contributed by atoms with van der Waals surface area (Å²) in [4.78, 5) is 4.65. The molecule has 1 N–H and O–H groups in total. The Kier molecular flexibility index (Phi) is 2.79. The molecule has 2 heterocycles. The number of hydrogen-bond acceptors (Lipinski definition) is 5. The fourth-order valence-electron chi connectivity index (χ4n) is 6.17. The zero-order chi connectivity index (χ0) is 14.8. The molecule has 5 aliphatic rings. The van der Waals surface area contributed by atoms with Gasteiger partial charge in [-0.1, -0.05) is 5.16 Å². The predicted octanol–water partition coefficient (Wildman–Crippen LogP) is 2.45. The van der Waals surface area contributed by atoms with Crippen molar-refractivity contribution in [1.29, 1.82) is 0 Å². The maximum Gasteiger partial charge on any atom is 0.227 e. The van der Waals surface area contributed by atoms with Crippen molar-refractivity contribution in [2.75, 3.05) is 13.2 Å². The molecular weight excluding hydrogens is 280 g/mol. The Morgan fingerprint density at radius 2 is 2.00 bits per heavy atom. The molecule has 0 aromatic carbocycles. The van der Waals surface area contributed by atoms with E-state index >= 15 is 0 Å². The molecule has 4 aliphatic carbocycles. The Morgan fingerprint density at radius 1 is 1.18 bits per heavy atom. The van der Waals surface area contributed by atoms with E-state index in [1.54, 1.807) is 0 Å². The van der Waals surface area contributed by atoms with Crippen molar-refractivity contribution in [3.8, 4) is 0 Å². The van der Waals surface area contributed by atoms with Crippen LogP contribution >= 0.6 is 0 Å². The second-order valence-corrected chi connectivity index (χ2v) is 8.47. The molecule has 3 atom stereocenters. The second kappa shape index (κ2) is 4.54. The van der Waals surface area contributed by atoms with Gasteiger partial charge in [-0.2, -0.15) is 4.98 Å². The molecule has 1 aromatic rings. The smallest absolute Gasteiger partial charge is 0.227 e. The van der Waals surface area contributed by atoms with E-state index < -0.39 is 5.60 Å². The van der Waals surface area contributed by atoms with E-state index in [1.807, 2.05) is 0 Å². The molecule has 1 aromatic heterocycles. The summed E-state index contributed by atoms with van der Waals surface area (Å²) in [6, 6.07) is 0. The van der Waals surface area contributed by atoms with Gasteiger partial charge < -0.3 is 14.4 Å². The molecule has 0 radical (unpaired) electrons. The van der Waals surface area contributed by atoms with Gasteiger partial charge in [0.2, 0.25) is 5.89 Å². The maximum atomic E-state index is 10.8. The molecule has 6 rings (SSSR count). The monoisotopic (exact) mass is 304 g/mol. The molecule has 1 aliphatic heterocycles. The molecule has 22 heavy (non-hydrogen) atoms. The lowest BCUT2D eigenvalue weighted by Crippen LogP contribution is -2.56. The van der Waals surface area contributed by atoms with Crippen LogP contribution in [0.4, 0.5) is 0 Å². The van der Waals surface area contributed by atoms with Crippen molar-refractivity contribution in [3.63, 3.8) is 0 Å². The quantitative estimate of drug-likeness (QED) is 0.929. The van der Waals surface area contributed by atoms with Crippen molar-refractivity contribution >= 4 is 0 Å². The first kappa shape index (κ1) is 13.5. The molecule has 5 heteroatoms. The normalized spacial score (nSPS) is 46.5. The third-order valence-electron chi connectivity index (χ3n) is 6.46. The van der Waals surface area contributed by atoms with Crippen molar-refractivity contribution in [2.24, 2.45) is 17.3 Å². The fourth-order valence-corrected chi connectivity index (χ4v) is 6.17. The molecule has 4 saturated carbocycles. The van der Waals surface area contributed by atoms with Gasteiger partial charge in [0.05, 0.1) is 12.2 Å². The van der Waals surface area contributed by atoms with Gasteiger partial charge in [0.1, 0.15) is 0 Å². The van der Waals surface area contributed by atoms with Gasteiger partial charge >= 0.3 is 0 Å². The number of hydrogen-bond donors (Lipinski definition) is 1. The highest BCUT2D eigenvalue weighted by Crippen LogP contribution is 2.62. The summed E-state index contributed by atoms with van der Waals surface area (Å²) in [7, 11) is 0. The van der Waals surface area contributed by atoms with Crippen molar-refractivity contribution < 1.29 is 14.4 Å². The molecule has 5 nitrogen and oxygen atoms in total. The summed E-state index contributed by atoms with van der Waals surface area (Å²) in [5.74, 6) is 3.30. The first-order valence-electron chi connectivity index (χ1n) is 8.74. The third kappa shape index (κ3) is 2.13. The van der Waals surface area contributed by atoms with Crippen molar-refractivity contribution in [1.82, 2.24) is 10.1 Å². The van der Waals surface area contributed by atoms with E-state index in [2.05, 4.69) is 10.1 Å². The summed E-state index contributed by atoms with van der Waals surface area (Å²) >= 11 is 0. The number of aliphatic hydroxyl groups is 1. The largest absolute Gasteiger partial charge is 0.390 e. The Morgan fingerprint density at radius 3 is 2.68 bits per heavy atom. The van der Waals surface area contributed by atoms with E-state index in [0.717, 1.165) is 50.4 Å². The minimum atomic E-state index is -0.410. The number of rotatable bonds is 3. The first-order valence-corrected chi connectivity index (χ1v) is 8.74. The molecule has 0 spiro atoms. The lowest BCUT2D eigenvalue weighted by Gasteiger charge is -2.60. The number of aromatic nitrogens is 2. The summed E-state index contributed by atoms with van der Waals surface area (Å²) in [6.07, 6.45) is 8.58. The minimum Gasteiger partial charge on any atom is -0.390 e. The Hall–Kier alpha value is -0.940. The van der Waals surface area contributed by atoms with Crippen LogP contribution in [0.5, 0.6) is 0 Å². The topological polar surface area (TPSA) is 68.4 Å². The molecule has 4 bridgehead atoms. The zero-order valence-corrected chi connectivity index (χ0v) is 13.0. The summed E-state index contributed by atoms with van der Waals surface area (Å²) in [5.41, 5.74) is -0.207. The number of ether oxygens (including phenoxy) is 1. The summed E-state index contributed by atoms with van der Waals surface area (Å²) < 4.78 is 11.0. The van der Waals surface area contributed by atoms with E-state index in [0.29, 0.717) is 24.4 Å². The van der Waals surface area contributed by atoms with Gasteiger partial charge in [0, 0.05) is 18.9 Å². The average Bonchev–Trinajstić information content (AvgIpc) is 3.05.